The molecule has 1 aliphatic heterocycles. The third kappa shape index (κ3) is 2.20. The van der Waals surface area contributed by atoms with Gasteiger partial charge in [0.15, 0.2) is 0 Å². The van der Waals surface area contributed by atoms with E-state index in [1.54, 1.807) is 23.9 Å². The Bertz CT molecular complexity index is 636. The fourth-order valence-electron chi connectivity index (χ4n) is 4.40. The summed E-state index contributed by atoms with van der Waals surface area (Å²) in [6, 6.07) is 7.09. The third-order valence-electron chi connectivity index (χ3n) is 5.33. The Kier molecular flexibility index (Phi) is 3.36. The normalized spacial score (nSPS) is 33.6. The summed E-state index contributed by atoms with van der Waals surface area (Å²) in [6.07, 6.45) is 4.90. The fourth-order valence-corrected chi connectivity index (χ4v) is 5.62. The van der Waals surface area contributed by atoms with E-state index in [0.29, 0.717) is 17.7 Å². The van der Waals surface area contributed by atoms with Gasteiger partial charge < -0.3 is 4.90 Å². The molecule has 0 aromatic heterocycles. The molecule has 2 bridgehead atoms. The first-order chi connectivity index (χ1) is 10.6. The van der Waals surface area contributed by atoms with Gasteiger partial charge in [0, 0.05) is 18.2 Å². The van der Waals surface area contributed by atoms with Crippen LogP contribution in [0.3, 0.4) is 0 Å². The van der Waals surface area contributed by atoms with Crippen LogP contribution in [0.25, 0.3) is 0 Å². The summed E-state index contributed by atoms with van der Waals surface area (Å²) in [5.74, 6) is 2.09. The highest BCUT2D eigenvalue weighted by atomic mass is 32.2. The van der Waals surface area contributed by atoms with Gasteiger partial charge in [0.2, 0.25) is 5.91 Å². The number of nitro benzene ring substituents is 1. The first-order valence-electron chi connectivity index (χ1n) is 7.80. The number of amides is 1. The highest BCUT2D eigenvalue weighted by Gasteiger charge is 2.48. The van der Waals surface area contributed by atoms with Gasteiger partial charge in [0.25, 0.3) is 5.69 Å². The van der Waals surface area contributed by atoms with Crippen molar-refractivity contribution >= 4 is 23.4 Å². The number of hydrogen-bond acceptors (Lipinski definition) is 4. The zero-order valence-electron chi connectivity index (χ0n) is 12.2. The fraction of sp³-hybridized carbons (Fsp3) is 0.562. The molecule has 4 atom stereocenters. The molecule has 5 nitrogen and oxygen atoms in total. The van der Waals surface area contributed by atoms with E-state index in [0.717, 1.165) is 17.9 Å². The predicted molar refractivity (Wildman–Crippen MR) is 84.4 cm³/mol. The topological polar surface area (TPSA) is 63.4 Å². The Morgan fingerprint density at radius 2 is 2.14 bits per heavy atom. The van der Waals surface area contributed by atoms with Gasteiger partial charge in [-0.05, 0) is 36.7 Å². The largest absolute Gasteiger partial charge is 0.323 e. The number of nitro groups is 1. The Balaban J connectivity index is 1.64. The van der Waals surface area contributed by atoms with Crippen molar-refractivity contribution in [2.75, 3.05) is 5.75 Å². The van der Waals surface area contributed by atoms with E-state index in [-0.39, 0.29) is 21.9 Å². The zero-order valence-corrected chi connectivity index (χ0v) is 13.0. The lowest BCUT2D eigenvalue weighted by Crippen LogP contribution is -2.41. The Hall–Kier alpha value is -1.56. The molecule has 3 fully saturated rings. The minimum atomic E-state index is -0.368. The molecule has 0 N–H and O–H groups in total. The molecule has 4 rings (SSSR count). The summed E-state index contributed by atoms with van der Waals surface area (Å²) in [5.41, 5.74) is 0.984. The van der Waals surface area contributed by atoms with Crippen molar-refractivity contribution in [3.63, 3.8) is 0 Å². The van der Waals surface area contributed by atoms with Crippen molar-refractivity contribution in [3.8, 4) is 0 Å². The summed E-state index contributed by atoms with van der Waals surface area (Å²) >= 11 is 1.60. The van der Waals surface area contributed by atoms with Crippen molar-refractivity contribution in [2.24, 2.45) is 11.8 Å². The second-order valence-corrected chi connectivity index (χ2v) is 7.63. The number of benzene rings is 1. The average molecular weight is 318 g/mol. The second kappa shape index (κ2) is 5.26. The molecule has 0 unspecified atom stereocenters. The quantitative estimate of drug-likeness (QED) is 0.633. The SMILES string of the molecule is O=C1CS[C@@H](c2cccc([N+](=O)[O-])c2)N1[C@H]1C[C@@H]2CC[C@@H]1C2. The van der Waals surface area contributed by atoms with Crippen molar-refractivity contribution in [1.29, 1.82) is 0 Å². The van der Waals surface area contributed by atoms with E-state index in [9.17, 15) is 14.9 Å². The van der Waals surface area contributed by atoms with Gasteiger partial charge in [-0.3, -0.25) is 14.9 Å². The van der Waals surface area contributed by atoms with E-state index in [1.807, 2.05) is 11.0 Å². The van der Waals surface area contributed by atoms with Gasteiger partial charge in [0.05, 0.1) is 10.7 Å². The van der Waals surface area contributed by atoms with Crippen LogP contribution in [0, 0.1) is 22.0 Å². The van der Waals surface area contributed by atoms with Gasteiger partial charge in [-0.25, -0.2) is 0 Å². The van der Waals surface area contributed by atoms with E-state index >= 15 is 0 Å². The molecule has 0 radical (unpaired) electrons. The van der Waals surface area contributed by atoms with Gasteiger partial charge in [-0.15, -0.1) is 11.8 Å². The van der Waals surface area contributed by atoms with Crippen LogP contribution in [0.1, 0.15) is 36.6 Å². The van der Waals surface area contributed by atoms with Crippen LogP contribution in [0.2, 0.25) is 0 Å². The van der Waals surface area contributed by atoms with Crippen LogP contribution in [-0.2, 0) is 4.79 Å². The minimum Gasteiger partial charge on any atom is -0.323 e. The van der Waals surface area contributed by atoms with E-state index in [2.05, 4.69) is 0 Å². The minimum absolute atomic E-state index is 0.0586. The number of rotatable bonds is 3. The Morgan fingerprint density at radius 3 is 2.82 bits per heavy atom. The molecule has 3 aliphatic rings. The Morgan fingerprint density at radius 1 is 1.27 bits per heavy atom. The standard InChI is InChI=1S/C16H18N2O3S/c19-15-9-22-16(12-2-1-3-13(8-12)18(20)21)17(15)14-7-10-4-5-11(14)6-10/h1-3,8,10-11,14,16H,4-7,9H2/t10-,11-,14+,16+/m1/s1. The van der Waals surface area contributed by atoms with Crippen molar-refractivity contribution in [2.45, 2.75) is 37.1 Å². The van der Waals surface area contributed by atoms with Gasteiger partial charge >= 0.3 is 0 Å². The lowest BCUT2D eigenvalue weighted by Gasteiger charge is -2.35. The smallest absolute Gasteiger partial charge is 0.269 e. The van der Waals surface area contributed by atoms with Crippen LogP contribution in [0.15, 0.2) is 24.3 Å². The molecule has 2 aliphatic carbocycles. The molecule has 1 heterocycles. The van der Waals surface area contributed by atoms with Crippen LogP contribution >= 0.6 is 11.8 Å². The van der Waals surface area contributed by atoms with E-state index < -0.39 is 0 Å². The lowest BCUT2D eigenvalue weighted by atomic mass is 9.93. The maximum absolute atomic E-state index is 12.4. The molecule has 1 aromatic rings. The summed E-state index contributed by atoms with van der Waals surface area (Å²) in [5, 5.41) is 10.9. The van der Waals surface area contributed by atoms with E-state index in [1.165, 1.54) is 25.3 Å². The molecular weight excluding hydrogens is 300 g/mol. The number of fused-ring (bicyclic) bond motifs is 2. The first kappa shape index (κ1) is 14.1. The van der Waals surface area contributed by atoms with Gasteiger partial charge in [0.1, 0.15) is 5.37 Å². The number of nitrogens with zero attached hydrogens (tertiary/aromatic N) is 2. The maximum Gasteiger partial charge on any atom is 0.269 e. The molecular formula is C16H18N2O3S. The van der Waals surface area contributed by atoms with Crippen molar-refractivity contribution in [3.05, 3.63) is 39.9 Å². The summed E-state index contributed by atoms with van der Waals surface area (Å²) < 4.78 is 0. The number of carbonyl (C=O) groups excluding carboxylic acids is 1. The number of thioether (sulfide) groups is 1. The number of carbonyl (C=O) groups is 1. The van der Waals surface area contributed by atoms with Gasteiger partial charge in [-0.2, -0.15) is 0 Å². The third-order valence-corrected chi connectivity index (χ3v) is 6.56. The molecule has 1 aromatic carbocycles. The first-order valence-corrected chi connectivity index (χ1v) is 8.85. The van der Waals surface area contributed by atoms with Crippen LogP contribution in [0.4, 0.5) is 5.69 Å². The molecule has 1 amide bonds. The molecule has 116 valence electrons. The molecule has 1 saturated heterocycles. The molecule has 6 heteroatoms. The van der Waals surface area contributed by atoms with Crippen LogP contribution < -0.4 is 0 Å². The summed E-state index contributed by atoms with van der Waals surface area (Å²) in [7, 11) is 0. The number of non-ortho nitro benzene ring substituents is 1. The molecule has 0 spiro atoms. The van der Waals surface area contributed by atoms with Gasteiger partial charge in [-0.1, -0.05) is 18.6 Å². The molecule has 22 heavy (non-hydrogen) atoms. The highest BCUT2D eigenvalue weighted by Crippen LogP contribution is 2.51. The predicted octanol–water partition coefficient (Wildman–Crippen LogP) is 3.36. The van der Waals surface area contributed by atoms with E-state index in [4.69, 9.17) is 0 Å². The van der Waals surface area contributed by atoms with Crippen LogP contribution in [0.5, 0.6) is 0 Å². The van der Waals surface area contributed by atoms with Crippen molar-refractivity contribution < 1.29 is 9.72 Å². The maximum atomic E-state index is 12.4. The second-order valence-electron chi connectivity index (χ2n) is 6.56. The number of hydrogen-bond donors (Lipinski definition) is 0. The van der Waals surface area contributed by atoms with Crippen molar-refractivity contribution in [1.82, 2.24) is 4.90 Å². The average Bonchev–Trinajstić information content (AvgIpc) is 3.22. The highest BCUT2D eigenvalue weighted by molar-refractivity contribution is 8.00. The lowest BCUT2D eigenvalue weighted by molar-refractivity contribution is -0.384. The summed E-state index contributed by atoms with van der Waals surface area (Å²) in [6.45, 7) is 0. The van der Waals surface area contributed by atoms with Crippen LogP contribution in [-0.4, -0.2) is 27.5 Å². The molecule has 2 saturated carbocycles. The monoisotopic (exact) mass is 318 g/mol. The Labute approximate surface area is 133 Å². The zero-order chi connectivity index (χ0) is 15.3. The summed E-state index contributed by atoms with van der Waals surface area (Å²) in [4.78, 5) is 25.1.